The van der Waals surface area contributed by atoms with Gasteiger partial charge in [0.05, 0.1) is 10.7 Å². The lowest BCUT2D eigenvalue weighted by Crippen LogP contribution is -2.20. The van der Waals surface area contributed by atoms with E-state index < -0.39 is 0 Å². The summed E-state index contributed by atoms with van der Waals surface area (Å²) in [6.07, 6.45) is 0. The van der Waals surface area contributed by atoms with Crippen molar-refractivity contribution in [2.45, 2.75) is 20.8 Å². The fourth-order valence-corrected chi connectivity index (χ4v) is 3.80. The van der Waals surface area contributed by atoms with Crippen LogP contribution < -0.4 is 10.1 Å². The summed E-state index contributed by atoms with van der Waals surface area (Å²) in [4.78, 5) is 16.7. The van der Waals surface area contributed by atoms with E-state index in [1.54, 1.807) is 24.3 Å². The summed E-state index contributed by atoms with van der Waals surface area (Å²) in [7, 11) is 0. The van der Waals surface area contributed by atoms with Gasteiger partial charge in [-0.05, 0) is 44.0 Å². The molecule has 1 heterocycles. The van der Waals surface area contributed by atoms with Gasteiger partial charge in [-0.3, -0.25) is 10.1 Å². The number of aryl methyl sites for hydroxylation is 3. The van der Waals surface area contributed by atoms with Gasteiger partial charge in [0.2, 0.25) is 0 Å². The number of thiazole rings is 1. The predicted octanol–water partition coefficient (Wildman–Crippen LogP) is 5.41. The van der Waals surface area contributed by atoms with Gasteiger partial charge in [-0.25, -0.2) is 4.98 Å². The number of aromatic nitrogens is 1. The smallest absolute Gasteiger partial charge is 0.264 e. The zero-order valence-electron chi connectivity index (χ0n) is 14.8. The first-order valence-electron chi connectivity index (χ1n) is 8.15. The molecule has 1 amide bonds. The topological polar surface area (TPSA) is 51.2 Å². The Morgan fingerprint density at radius 2 is 1.88 bits per heavy atom. The Morgan fingerprint density at radius 3 is 2.58 bits per heavy atom. The van der Waals surface area contributed by atoms with Crippen molar-refractivity contribution in [1.29, 1.82) is 0 Å². The van der Waals surface area contributed by atoms with Crippen molar-refractivity contribution in [3.8, 4) is 17.0 Å². The highest BCUT2D eigenvalue weighted by Crippen LogP contribution is 2.31. The first kappa shape index (κ1) is 18.4. The standard InChI is InChI=1S/C20H19ClN2O2S/c1-12-8-13(2)19(14(3)9-12)16-11-26-20(22-16)23-18(24)10-25-17-7-5-4-6-15(17)21/h4-9,11H,10H2,1-3H3,(H,22,23,24). The van der Waals surface area contributed by atoms with Gasteiger partial charge in [0.25, 0.3) is 5.91 Å². The fourth-order valence-electron chi connectivity index (χ4n) is 2.89. The summed E-state index contributed by atoms with van der Waals surface area (Å²) >= 11 is 7.41. The molecule has 3 aromatic rings. The van der Waals surface area contributed by atoms with Crippen LogP contribution in [0.1, 0.15) is 16.7 Å². The molecule has 0 unspecified atom stereocenters. The van der Waals surface area contributed by atoms with E-state index in [9.17, 15) is 4.79 Å². The van der Waals surface area contributed by atoms with Crippen molar-refractivity contribution >= 4 is 34.0 Å². The van der Waals surface area contributed by atoms with Crippen LogP contribution in [0.15, 0.2) is 41.8 Å². The number of halogens is 1. The van der Waals surface area contributed by atoms with Gasteiger partial charge in [0.1, 0.15) is 5.75 Å². The van der Waals surface area contributed by atoms with Gasteiger partial charge in [-0.1, -0.05) is 41.4 Å². The second-order valence-corrected chi connectivity index (χ2v) is 7.34. The van der Waals surface area contributed by atoms with Crippen LogP contribution in [0.4, 0.5) is 5.13 Å². The molecule has 0 spiro atoms. The molecule has 0 bridgehead atoms. The molecular weight excluding hydrogens is 368 g/mol. The zero-order chi connectivity index (χ0) is 18.7. The molecule has 0 fully saturated rings. The maximum atomic E-state index is 12.1. The highest BCUT2D eigenvalue weighted by molar-refractivity contribution is 7.14. The average molecular weight is 387 g/mol. The fraction of sp³-hybridized carbons (Fsp3) is 0.200. The molecule has 0 aliphatic rings. The van der Waals surface area contributed by atoms with E-state index in [-0.39, 0.29) is 12.5 Å². The average Bonchev–Trinajstić information content (AvgIpc) is 3.01. The van der Waals surface area contributed by atoms with Crippen LogP contribution in [0.5, 0.6) is 5.75 Å². The van der Waals surface area contributed by atoms with Crippen molar-refractivity contribution in [2.24, 2.45) is 0 Å². The van der Waals surface area contributed by atoms with E-state index in [4.69, 9.17) is 16.3 Å². The molecule has 0 saturated carbocycles. The molecule has 3 rings (SSSR count). The Hall–Kier alpha value is -2.37. The van der Waals surface area contributed by atoms with E-state index in [1.807, 2.05) is 5.38 Å². The van der Waals surface area contributed by atoms with Gasteiger partial charge in [0, 0.05) is 10.9 Å². The maximum Gasteiger partial charge on any atom is 0.264 e. The molecule has 1 N–H and O–H groups in total. The van der Waals surface area contributed by atoms with Crippen molar-refractivity contribution < 1.29 is 9.53 Å². The highest BCUT2D eigenvalue weighted by Gasteiger charge is 2.13. The third-order valence-electron chi connectivity index (χ3n) is 3.88. The quantitative estimate of drug-likeness (QED) is 0.638. The summed E-state index contributed by atoms with van der Waals surface area (Å²) in [5.41, 5.74) is 5.55. The Morgan fingerprint density at radius 1 is 1.19 bits per heavy atom. The van der Waals surface area contributed by atoms with Gasteiger partial charge < -0.3 is 4.74 Å². The second-order valence-electron chi connectivity index (χ2n) is 6.08. The van der Waals surface area contributed by atoms with Gasteiger partial charge >= 0.3 is 0 Å². The first-order valence-corrected chi connectivity index (χ1v) is 9.40. The van der Waals surface area contributed by atoms with Crippen molar-refractivity contribution in [1.82, 2.24) is 4.98 Å². The van der Waals surface area contributed by atoms with Crippen molar-refractivity contribution in [3.05, 3.63) is 63.5 Å². The number of hydrogen-bond acceptors (Lipinski definition) is 4. The third kappa shape index (κ3) is 4.23. The largest absolute Gasteiger partial charge is 0.482 e. The SMILES string of the molecule is Cc1cc(C)c(-c2csc(NC(=O)COc3ccccc3Cl)n2)c(C)c1. The zero-order valence-corrected chi connectivity index (χ0v) is 16.4. The second kappa shape index (κ2) is 7.89. The molecule has 6 heteroatoms. The summed E-state index contributed by atoms with van der Waals surface area (Å²) in [6, 6.07) is 11.3. The van der Waals surface area contributed by atoms with Gasteiger partial charge in [-0.2, -0.15) is 0 Å². The minimum Gasteiger partial charge on any atom is -0.482 e. The summed E-state index contributed by atoms with van der Waals surface area (Å²) in [6.45, 7) is 6.10. The van der Waals surface area contributed by atoms with Crippen molar-refractivity contribution in [2.75, 3.05) is 11.9 Å². The molecule has 0 atom stereocenters. The number of amides is 1. The number of benzene rings is 2. The number of ether oxygens (including phenoxy) is 1. The summed E-state index contributed by atoms with van der Waals surface area (Å²) in [5, 5.41) is 5.75. The molecule has 0 aliphatic carbocycles. The summed E-state index contributed by atoms with van der Waals surface area (Å²) in [5.74, 6) is 0.207. The number of carbonyl (C=O) groups excluding carboxylic acids is 1. The van der Waals surface area contributed by atoms with E-state index in [0.717, 1.165) is 11.3 Å². The number of nitrogens with zero attached hydrogens (tertiary/aromatic N) is 1. The monoisotopic (exact) mass is 386 g/mol. The van der Waals surface area contributed by atoms with Crippen LogP contribution in [-0.4, -0.2) is 17.5 Å². The molecule has 1 aromatic heterocycles. The number of anilines is 1. The molecule has 4 nitrogen and oxygen atoms in total. The number of para-hydroxylation sites is 1. The van der Waals surface area contributed by atoms with Crippen molar-refractivity contribution in [3.63, 3.8) is 0 Å². The lowest BCUT2D eigenvalue weighted by atomic mass is 9.98. The van der Waals surface area contributed by atoms with Crippen LogP contribution in [0, 0.1) is 20.8 Å². The Labute approximate surface area is 161 Å². The number of nitrogens with one attached hydrogen (secondary N) is 1. The minimum absolute atomic E-state index is 0.124. The lowest BCUT2D eigenvalue weighted by Gasteiger charge is -2.09. The van der Waals surface area contributed by atoms with Crippen LogP contribution in [-0.2, 0) is 4.79 Å². The highest BCUT2D eigenvalue weighted by atomic mass is 35.5. The molecule has 0 saturated heterocycles. The Kier molecular flexibility index (Phi) is 5.59. The molecule has 2 aromatic carbocycles. The molecule has 26 heavy (non-hydrogen) atoms. The van der Waals surface area contributed by atoms with Crippen LogP contribution in [0.2, 0.25) is 5.02 Å². The van der Waals surface area contributed by atoms with Crippen LogP contribution >= 0.6 is 22.9 Å². The number of hydrogen-bond donors (Lipinski definition) is 1. The lowest BCUT2D eigenvalue weighted by molar-refractivity contribution is -0.118. The van der Waals surface area contributed by atoms with Gasteiger partial charge in [0.15, 0.2) is 11.7 Å². The molecular formula is C20H19ClN2O2S. The maximum absolute atomic E-state index is 12.1. The van der Waals surface area contributed by atoms with E-state index in [0.29, 0.717) is 15.9 Å². The normalized spacial score (nSPS) is 10.6. The number of rotatable bonds is 5. The Balaban J connectivity index is 1.67. The van der Waals surface area contributed by atoms with Crippen LogP contribution in [0.25, 0.3) is 11.3 Å². The summed E-state index contributed by atoms with van der Waals surface area (Å²) < 4.78 is 5.45. The molecule has 0 radical (unpaired) electrons. The third-order valence-corrected chi connectivity index (χ3v) is 4.95. The van der Waals surface area contributed by atoms with E-state index >= 15 is 0 Å². The molecule has 0 aliphatic heterocycles. The van der Waals surface area contributed by atoms with E-state index in [2.05, 4.69) is 43.2 Å². The number of carbonyl (C=O) groups is 1. The Bertz CT molecular complexity index is 929. The predicted molar refractivity (Wildman–Crippen MR) is 107 cm³/mol. The minimum atomic E-state index is -0.275. The first-order chi connectivity index (χ1) is 12.4. The van der Waals surface area contributed by atoms with Crippen LogP contribution in [0.3, 0.4) is 0 Å². The van der Waals surface area contributed by atoms with Gasteiger partial charge in [-0.15, -0.1) is 11.3 Å². The van der Waals surface area contributed by atoms with E-state index in [1.165, 1.54) is 28.0 Å². The molecule has 134 valence electrons.